The maximum atomic E-state index is 12.3. The van der Waals surface area contributed by atoms with Gasteiger partial charge in [-0.1, -0.05) is 29.5 Å². The second kappa shape index (κ2) is 8.28. The first-order valence-corrected chi connectivity index (χ1v) is 9.83. The maximum Gasteiger partial charge on any atom is 0.262 e. The highest BCUT2D eigenvalue weighted by Crippen LogP contribution is 2.30. The highest BCUT2D eigenvalue weighted by Gasteiger charge is 2.10. The van der Waals surface area contributed by atoms with Crippen LogP contribution in [0.4, 0.5) is 5.69 Å². The summed E-state index contributed by atoms with van der Waals surface area (Å²) in [5, 5.41) is 3.72. The van der Waals surface area contributed by atoms with Crippen molar-refractivity contribution in [3.8, 4) is 22.1 Å². The van der Waals surface area contributed by atoms with Crippen LogP contribution in [-0.4, -0.2) is 29.6 Å². The molecule has 0 aliphatic rings. The first kappa shape index (κ1) is 18.9. The zero-order chi connectivity index (χ0) is 20.2. The molecule has 6 nitrogen and oxygen atoms in total. The Hall–Kier alpha value is -3.45. The van der Waals surface area contributed by atoms with Crippen LogP contribution in [0.15, 0.2) is 60.8 Å². The van der Waals surface area contributed by atoms with E-state index in [0.29, 0.717) is 17.2 Å². The molecule has 4 rings (SSSR count). The molecule has 0 saturated carbocycles. The molecule has 7 heteroatoms. The molecule has 0 aliphatic heterocycles. The standard InChI is InChI=1S/C22H19N3O3S/c1-14-8-9-18(19(11-14)27-2)28-13-20(26)24-16-6-3-5-15(12-16)21-25-17-7-4-10-23-22(17)29-21/h3-12H,13H2,1-2H3,(H,24,26). The zero-order valence-electron chi connectivity index (χ0n) is 16.0. The summed E-state index contributed by atoms with van der Waals surface area (Å²) in [6, 6.07) is 16.9. The van der Waals surface area contributed by atoms with Crippen molar-refractivity contribution in [1.29, 1.82) is 0 Å². The van der Waals surface area contributed by atoms with E-state index in [1.54, 1.807) is 19.4 Å². The molecule has 0 radical (unpaired) electrons. The Morgan fingerprint density at radius 2 is 2.00 bits per heavy atom. The van der Waals surface area contributed by atoms with Crippen LogP contribution in [0.3, 0.4) is 0 Å². The second-order valence-electron chi connectivity index (χ2n) is 6.42. The van der Waals surface area contributed by atoms with E-state index in [1.807, 2.05) is 55.5 Å². The van der Waals surface area contributed by atoms with E-state index in [-0.39, 0.29) is 12.5 Å². The number of benzene rings is 2. The summed E-state index contributed by atoms with van der Waals surface area (Å²) in [5.74, 6) is 0.879. The lowest BCUT2D eigenvalue weighted by Gasteiger charge is -2.11. The maximum absolute atomic E-state index is 12.3. The number of hydrogen-bond donors (Lipinski definition) is 1. The van der Waals surface area contributed by atoms with Gasteiger partial charge < -0.3 is 14.8 Å². The van der Waals surface area contributed by atoms with Crippen molar-refractivity contribution in [2.75, 3.05) is 19.0 Å². The molecular formula is C22H19N3O3S. The van der Waals surface area contributed by atoms with Gasteiger partial charge in [0.25, 0.3) is 5.91 Å². The van der Waals surface area contributed by atoms with Gasteiger partial charge in [-0.15, -0.1) is 0 Å². The minimum absolute atomic E-state index is 0.116. The van der Waals surface area contributed by atoms with Crippen LogP contribution >= 0.6 is 11.3 Å². The topological polar surface area (TPSA) is 73.3 Å². The number of ether oxygens (including phenoxy) is 2. The lowest BCUT2D eigenvalue weighted by molar-refractivity contribution is -0.118. The molecule has 2 aromatic heterocycles. The van der Waals surface area contributed by atoms with E-state index in [0.717, 1.165) is 26.5 Å². The van der Waals surface area contributed by atoms with Crippen molar-refractivity contribution in [3.63, 3.8) is 0 Å². The SMILES string of the molecule is COc1cc(C)ccc1OCC(=O)Nc1cccc(-c2nc3cccnc3s2)c1. The number of rotatable bonds is 6. The molecule has 4 aromatic rings. The highest BCUT2D eigenvalue weighted by atomic mass is 32.1. The van der Waals surface area contributed by atoms with Gasteiger partial charge in [-0.05, 0) is 48.9 Å². The second-order valence-corrected chi connectivity index (χ2v) is 7.40. The van der Waals surface area contributed by atoms with Gasteiger partial charge in [-0.3, -0.25) is 4.79 Å². The number of hydrogen-bond acceptors (Lipinski definition) is 6. The molecule has 0 spiro atoms. The number of aryl methyl sites for hydroxylation is 1. The van der Waals surface area contributed by atoms with Gasteiger partial charge in [-0.25, -0.2) is 9.97 Å². The Morgan fingerprint density at radius 3 is 2.83 bits per heavy atom. The summed E-state index contributed by atoms with van der Waals surface area (Å²) in [4.78, 5) is 22.2. The number of carbonyl (C=O) groups is 1. The van der Waals surface area contributed by atoms with Crippen molar-refractivity contribution < 1.29 is 14.3 Å². The fourth-order valence-electron chi connectivity index (χ4n) is 2.86. The van der Waals surface area contributed by atoms with E-state index in [1.165, 1.54) is 11.3 Å². The lowest BCUT2D eigenvalue weighted by atomic mass is 10.2. The molecule has 2 aromatic carbocycles. The third-order valence-electron chi connectivity index (χ3n) is 4.24. The lowest BCUT2D eigenvalue weighted by Crippen LogP contribution is -2.20. The number of pyridine rings is 1. The van der Waals surface area contributed by atoms with Gasteiger partial charge >= 0.3 is 0 Å². The molecule has 0 aliphatic carbocycles. The predicted molar refractivity (Wildman–Crippen MR) is 115 cm³/mol. The molecule has 0 fully saturated rings. The molecule has 0 atom stereocenters. The summed E-state index contributed by atoms with van der Waals surface area (Å²) in [7, 11) is 1.57. The molecule has 0 saturated heterocycles. The molecule has 0 bridgehead atoms. The third kappa shape index (κ3) is 4.35. The minimum Gasteiger partial charge on any atom is -0.493 e. The summed E-state index contributed by atoms with van der Waals surface area (Å²) < 4.78 is 10.9. The monoisotopic (exact) mass is 405 g/mol. The van der Waals surface area contributed by atoms with Gasteiger partial charge in [0.15, 0.2) is 18.1 Å². The van der Waals surface area contributed by atoms with Crippen LogP contribution in [-0.2, 0) is 4.79 Å². The zero-order valence-corrected chi connectivity index (χ0v) is 16.8. The molecule has 1 N–H and O–H groups in total. The van der Waals surface area contributed by atoms with Crippen molar-refractivity contribution in [3.05, 3.63) is 66.4 Å². The molecule has 146 valence electrons. The number of nitrogens with one attached hydrogen (secondary N) is 1. The normalized spacial score (nSPS) is 10.7. The number of aromatic nitrogens is 2. The summed E-state index contributed by atoms with van der Waals surface area (Å²) in [6.45, 7) is 1.85. The first-order valence-electron chi connectivity index (χ1n) is 9.01. The molecule has 0 unspecified atom stereocenters. The number of thiazole rings is 1. The Bertz CT molecular complexity index is 1140. The smallest absolute Gasteiger partial charge is 0.262 e. The van der Waals surface area contributed by atoms with E-state index in [2.05, 4.69) is 15.3 Å². The molecular weight excluding hydrogens is 386 g/mol. The fraction of sp³-hybridized carbons (Fsp3) is 0.136. The van der Waals surface area contributed by atoms with Gasteiger partial charge in [0, 0.05) is 17.4 Å². The van der Waals surface area contributed by atoms with Gasteiger partial charge in [-0.2, -0.15) is 0 Å². The van der Waals surface area contributed by atoms with Crippen LogP contribution < -0.4 is 14.8 Å². The number of carbonyl (C=O) groups excluding carboxylic acids is 1. The quantitative estimate of drug-likeness (QED) is 0.504. The average Bonchev–Trinajstić information content (AvgIpc) is 3.17. The summed E-state index contributed by atoms with van der Waals surface area (Å²) >= 11 is 1.52. The Kier molecular flexibility index (Phi) is 5.39. The Balaban J connectivity index is 1.44. The van der Waals surface area contributed by atoms with Gasteiger partial charge in [0.2, 0.25) is 0 Å². The molecule has 29 heavy (non-hydrogen) atoms. The van der Waals surface area contributed by atoms with Crippen molar-refractivity contribution >= 4 is 33.3 Å². The van der Waals surface area contributed by atoms with Crippen molar-refractivity contribution in [2.24, 2.45) is 0 Å². The Morgan fingerprint density at radius 1 is 1.10 bits per heavy atom. The highest BCUT2D eigenvalue weighted by molar-refractivity contribution is 7.21. The third-order valence-corrected chi connectivity index (χ3v) is 5.27. The summed E-state index contributed by atoms with van der Waals surface area (Å²) in [5.41, 5.74) is 3.52. The van der Waals surface area contributed by atoms with Crippen LogP contribution in [0.1, 0.15) is 5.56 Å². The number of amides is 1. The van der Waals surface area contributed by atoms with E-state index >= 15 is 0 Å². The molecule has 1 amide bonds. The molecule has 2 heterocycles. The van der Waals surface area contributed by atoms with E-state index in [4.69, 9.17) is 9.47 Å². The van der Waals surface area contributed by atoms with Gasteiger partial charge in [0.05, 0.1) is 7.11 Å². The fourth-order valence-corrected chi connectivity index (χ4v) is 3.76. The van der Waals surface area contributed by atoms with Crippen LogP contribution in [0.2, 0.25) is 0 Å². The Labute approximate surface area is 172 Å². The minimum atomic E-state index is -0.254. The number of anilines is 1. The van der Waals surface area contributed by atoms with Gasteiger partial charge in [0.1, 0.15) is 15.4 Å². The largest absolute Gasteiger partial charge is 0.493 e. The summed E-state index contributed by atoms with van der Waals surface area (Å²) in [6.07, 6.45) is 1.75. The van der Waals surface area contributed by atoms with Crippen molar-refractivity contribution in [2.45, 2.75) is 6.92 Å². The van der Waals surface area contributed by atoms with E-state index in [9.17, 15) is 4.79 Å². The van der Waals surface area contributed by atoms with Crippen LogP contribution in [0.5, 0.6) is 11.5 Å². The first-order chi connectivity index (χ1) is 14.1. The number of methoxy groups -OCH3 is 1. The van der Waals surface area contributed by atoms with Crippen LogP contribution in [0.25, 0.3) is 20.9 Å². The predicted octanol–water partition coefficient (Wildman–Crippen LogP) is 4.69. The number of fused-ring (bicyclic) bond motifs is 1. The van der Waals surface area contributed by atoms with Crippen LogP contribution in [0, 0.1) is 6.92 Å². The average molecular weight is 405 g/mol. The van der Waals surface area contributed by atoms with E-state index < -0.39 is 0 Å². The number of nitrogens with zero attached hydrogens (tertiary/aromatic N) is 2. The van der Waals surface area contributed by atoms with Crippen molar-refractivity contribution in [1.82, 2.24) is 9.97 Å².